The van der Waals surface area contributed by atoms with Crippen LogP contribution in [0.15, 0.2) is 65.2 Å². The van der Waals surface area contributed by atoms with Crippen molar-refractivity contribution in [3.05, 3.63) is 82.8 Å². The van der Waals surface area contributed by atoms with Crippen LogP contribution in [0, 0.1) is 0 Å². The van der Waals surface area contributed by atoms with Crippen LogP contribution in [0.3, 0.4) is 0 Å². The highest BCUT2D eigenvalue weighted by molar-refractivity contribution is 6.30. The third-order valence-corrected chi connectivity index (χ3v) is 6.23. The standard InChI is InChI=1S/C25H20ClN3O4/c1-14-22(23(31)15-5-7-16(26)8-6-15)18-12-17(32-2)9-10-19(18)29(14)13-20(30)25-28-24-21(33-25)4-3-11-27-24/h3-12,14,22H,13H2,1-2H3. The van der Waals surface area contributed by atoms with Crippen molar-refractivity contribution in [1.82, 2.24) is 9.97 Å². The molecule has 166 valence electrons. The minimum Gasteiger partial charge on any atom is -0.497 e. The molecule has 0 N–H and O–H groups in total. The maximum absolute atomic E-state index is 13.5. The molecule has 0 fully saturated rings. The molecule has 4 aromatic rings. The molecule has 1 aliphatic heterocycles. The summed E-state index contributed by atoms with van der Waals surface area (Å²) >= 11 is 6.00. The highest BCUT2D eigenvalue weighted by atomic mass is 35.5. The molecule has 8 heteroatoms. The van der Waals surface area contributed by atoms with Crippen LogP contribution in [-0.2, 0) is 0 Å². The van der Waals surface area contributed by atoms with Gasteiger partial charge in [0.25, 0.3) is 5.89 Å². The van der Waals surface area contributed by atoms with Gasteiger partial charge in [-0.2, -0.15) is 4.98 Å². The number of fused-ring (bicyclic) bond motifs is 2. The molecule has 0 spiro atoms. The van der Waals surface area contributed by atoms with Crippen LogP contribution < -0.4 is 9.64 Å². The number of carbonyl (C=O) groups excluding carboxylic acids is 2. The normalized spacial score (nSPS) is 17.2. The molecule has 3 heterocycles. The summed E-state index contributed by atoms with van der Waals surface area (Å²) in [6, 6.07) is 15.6. The number of pyridine rings is 1. The van der Waals surface area contributed by atoms with E-state index in [4.69, 9.17) is 20.8 Å². The number of carbonyl (C=O) groups is 2. The number of oxazole rings is 1. The van der Waals surface area contributed by atoms with Crippen LogP contribution in [0.4, 0.5) is 5.69 Å². The largest absolute Gasteiger partial charge is 0.497 e. The molecule has 7 nitrogen and oxygen atoms in total. The van der Waals surface area contributed by atoms with E-state index in [1.54, 1.807) is 49.7 Å². The van der Waals surface area contributed by atoms with Gasteiger partial charge in [0.2, 0.25) is 5.78 Å². The van der Waals surface area contributed by atoms with Gasteiger partial charge in [0.15, 0.2) is 17.0 Å². The van der Waals surface area contributed by atoms with Crippen molar-refractivity contribution in [3.63, 3.8) is 0 Å². The van der Waals surface area contributed by atoms with E-state index in [1.807, 2.05) is 30.0 Å². The van der Waals surface area contributed by atoms with Gasteiger partial charge < -0.3 is 14.1 Å². The fourth-order valence-electron chi connectivity index (χ4n) is 4.32. The average Bonchev–Trinajstić information content (AvgIpc) is 3.38. The first kappa shape index (κ1) is 21.2. The lowest BCUT2D eigenvalue weighted by Crippen LogP contribution is -2.38. The summed E-state index contributed by atoms with van der Waals surface area (Å²) in [6.45, 7) is 1.95. The Bertz CT molecular complexity index is 1330. The Kier molecular flexibility index (Phi) is 5.34. The fourth-order valence-corrected chi connectivity index (χ4v) is 4.45. The summed E-state index contributed by atoms with van der Waals surface area (Å²) in [7, 11) is 1.58. The molecular weight excluding hydrogens is 442 g/mol. The highest BCUT2D eigenvalue weighted by Gasteiger charge is 2.41. The molecule has 0 saturated carbocycles. The highest BCUT2D eigenvalue weighted by Crippen LogP contribution is 2.44. The first-order valence-electron chi connectivity index (χ1n) is 10.5. The molecule has 2 atom stereocenters. The summed E-state index contributed by atoms with van der Waals surface area (Å²) in [6.07, 6.45) is 1.60. The van der Waals surface area contributed by atoms with E-state index in [2.05, 4.69) is 9.97 Å². The smallest absolute Gasteiger partial charge is 0.267 e. The molecule has 33 heavy (non-hydrogen) atoms. The van der Waals surface area contributed by atoms with E-state index in [0.29, 0.717) is 27.6 Å². The molecule has 2 unspecified atom stereocenters. The Morgan fingerprint density at radius 3 is 2.67 bits per heavy atom. The van der Waals surface area contributed by atoms with Gasteiger partial charge in [0.05, 0.1) is 19.6 Å². The van der Waals surface area contributed by atoms with E-state index in [0.717, 1.165) is 11.3 Å². The lowest BCUT2D eigenvalue weighted by atomic mass is 9.88. The maximum Gasteiger partial charge on any atom is 0.267 e. The van der Waals surface area contributed by atoms with Gasteiger partial charge in [-0.3, -0.25) is 9.59 Å². The Labute approximate surface area is 195 Å². The van der Waals surface area contributed by atoms with E-state index < -0.39 is 5.92 Å². The van der Waals surface area contributed by atoms with Crippen molar-refractivity contribution in [3.8, 4) is 5.75 Å². The van der Waals surface area contributed by atoms with E-state index >= 15 is 0 Å². The van der Waals surface area contributed by atoms with Gasteiger partial charge in [-0.1, -0.05) is 11.6 Å². The minimum absolute atomic E-state index is 0.00144. The molecule has 0 amide bonds. The third-order valence-electron chi connectivity index (χ3n) is 5.98. The second-order valence-corrected chi connectivity index (χ2v) is 8.35. The molecule has 2 aromatic heterocycles. The summed E-state index contributed by atoms with van der Waals surface area (Å²) < 4.78 is 11.0. The summed E-state index contributed by atoms with van der Waals surface area (Å²) in [4.78, 5) is 36.9. The van der Waals surface area contributed by atoms with Gasteiger partial charge in [-0.05, 0) is 67.1 Å². The fraction of sp³-hybridized carbons (Fsp3) is 0.200. The SMILES string of the molecule is COc1ccc2c(c1)C(C(=O)c1ccc(Cl)cc1)C(C)N2CC(=O)c1nc2ncccc2o1. The van der Waals surface area contributed by atoms with Crippen molar-refractivity contribution < 1.29 is 18.7 Å². The molecule has 0 radical (unpaired) electrons. The number of nitrogens with zero attached hydrogens (tertiary/aromatic N) is 3. The molecule has 0 saturated heterocycles. The quantitative estimate of drug-likeness (QED) is 0.376. The number of methoxy groups -OCH3 is 1. The first-order chi connectivity index (χ1) is 16.0. The topological polar surface area (TPSA) is 85.5 Å². The van der Waals surface area contributed by atoms with Gasteiger partial charge in [0.1, 0.15) is 5.75 Å². The number of ketones is 2. The number of rotatable bonds is 6. The lowest BCUT2D eigenvalue weighted by Gasteiger charge is -2.26. The Morgan fingerprint density at radius 2 is 1.94 bits per heavy atom. The zero-order valence-corrected chi connectivity index (χ0v) is 18.7. The second-order valence-electron chi connectivity index (χ2n) is 7.91. The van der Waals surface area contributed by atoms with Crippen molar-refractivity contribution in [2.45, 2.75) is 18.9 Å². The second kappa shape index (κ2) is 8.33. The average molecular weight is 462 g/mol. The number of halogens is 1. The van der Waals surface area contributed by atoms with E-state index in [9.17, 15) is 9.59 Å². The summed E-state index contributed by atoms with van der Waals surface area (Å²) in [5.74, 6) is -0.170. The van der Waals surface area contributed by atoms with E-state index in [1.165, 1.54) is 0 Å². The van der Waals surface area contributed by atoms with Crippen LogP contribution in [0.2, 0.25) is 5.02 Å². The number of Topliss-reactive ketones (excluding diaryl/α,β-unsaturated/α-hetero) is 2. The van der Waals surface area contributed by atoms with Crippen molar-refractivity contribution in [2.75, 3.05) is 18.6 Å². The van der Waals surface area contributed by atoms with Gasteiger partial charge in [-0.15, -0.1) is 0 Å². The van der Waals surface area contributed by atoms with Crippen LogP contribution >= 0.6 is 11.6 Å². The minimum atomic E-state index is -0.477. The van der Waals surface area contributed by atoms with Gasteiger partial charge >= 0.3 is 0 Å². The molecule has 5 rings (SSSR count). The van der Waals surface area contributed by atoms with Crippen molar-refractivity contribution in [2.24, 2.45) is 0 Å². The zero-order valence-electron chi connectivity index (χ0n) is 18.0. The number of hydrogen-bond donors (Lipinski definition) is 0. The summed E-state index contributed by atoms with van der Waals surface area (Å²) in [5, 5.41) is 0.563. The monoisotopic (exact) mass is 461 g/mol. The van der Waals surface area contributed by atoms with Crippen LogP contribution in [0.25, 0.3) is 11.2 Å². The zero-order chi connectivity index (χ0) is 23.1. The van der Waals surface area contributed by atoms with E-state index in [-0.39, 0.29) is 30.0 Å². The molecule has 1 aliphatic rings. The number of hydrogen-bond acceptors (Lipinski definition) is 7. The van der Waals surface area contributed by atoms with Crippen LogP contribution in [0.1, 0.15) is 39.4 Å². The lowest BCUT2D eigenvalue weighted by molar-refractivity contribution is 0.0935. The number of ether oxygens (including phenoxy) is 1. The first-order valence-corrected chi connectivity index (χ1v) is 10.8. The van der Waals surface area contributed by atoms with Crippen LogP contribution in [0.5, 0.6) is 5.75 Å². The van der Waals surface area contributed by atoms with Crippen LogP contribution in [-0.4, -0.2) is 41.2 Å². The number of anilines is 1. The Balaban J connectivity index is 1.49. The molecular formula is C25H20ClN3O4. The predicted molar refractivity (Wildman–Crippen MR) is 124 cm³/mol. The van der Waals surface area contributed by atoms with Crippen molar-refractivity contribution >= 4 is 40.1 Å². The Morgan fingerprint density at radius 1 is 1.15 bits per heavy atom. The summed E-state index contributed by atoms with van der Waals surface area (Å²) in [5.41, 5.74) is 3.02. The Hall–Kier alpha value is -3.71. The van der Waals surface area contributed by atoms with Crippen molar-refractivity contribution in [1.29, 1.82) is 0 Å². The molecule has 0 bridgehead atoms. The molecule has 0 aliphatic carbocycles. The molecule has 2 aromatic carbocycles. The number of aromatic nitrogens is 2. The number of benzene rings is 2. The maximum atomic E-state index is 13.5. The third kappa shape index (κ3) is 3.74. The van der Waals surface area contributed by atoms with Gasteiger partial charge in [0, 0.05) is 28.5 Å². The predicted octanol–water partition coefficient (Wildman–Crippen LogP) is 4.94. The van der Waals surface area contributed by atoms with Gasteiger partial charge in [-0.25, -0.2) is 4.98 Å².